The molecule has 2 radical (unpaired) electrons. The minimum absolute atomic E-state index is 0.147. The third-order valence-electron chi connectivity index (χ3n) is 2.38. The van der Waals surface area contributed by atoms with Crippen molar-refractivity contribution in [3.63, 3.8) is 0 Å². The second-order valence-electron chi connectivity index (χ2n) is 4.66. The standard InChI is InChI=1S/2C4H8O2S2.2C4H9.Sn/c2*5-4(3-8)6-1-2-7;2*1-3-4-2;/h2*7-8H,1-3H2;2*1,3-4H2,2H3;. The third kappa shape index (κ3) is 36.7. The Labute approximate surface area is 186 Å². The molecule has 0 bridgehead atoms. The van der Waals surface area contributed by atoms with Gasteiger partial charge in [0.05, 0.1) is 11.5 Å². The molecule has 25 heavy (non-hydrogen) atoms. The summed E-state index contributed by atoms with van der Waals surface area (Å²) in [6.45, 7) is 5.34. The number of hydrogen-bond donors (Lipinski definition) is 4. The molecule has 0 aromatic carbocycles. The summed E-state index contributed by atoms with van der Waals surface area (Å²) in [6.07, 6.45) is 5.84. The molecule has 0 atom stereocenters. The maximum atomic E-state index is 10.2. The normalized spacial score (nSPS) is 9.20. The van der Waals surface area contributed by atoms with Crippen molar-refractivity contribution < 1.29 is 19.1 Å². The van der Waals surface area contributed by atoms with Gasteiger partial charge in [-0.1, -0.05) is 0 Å². The fourth-order valence-electron chi connectivity index (χ4n) is 1.14. The summed E-state index contributed by atoms with van der Waals surface area (Å²) in [4.78, 5) is 20.5. The van der Waals surface area contributed by atoms with Gasteiger partial charge in [-0.2, -0.15) is 50.5 Å². The van der Waals surface area contributed by atoms with E-state index in [2.05, 4.69) is 73.8 Å². The Bertz CT molecular complexity index is 259. The van der Waals surface area contributed by atoms with Crippen molar-refractivity contribution >= 4 is 83.6 Å². The van der Waals surface area contributed by atoms with Gasteiger partial charge in [-0.15, -0.1) is 0 Å². The SMILES string of the molecule is CCC[CH2][Sn][CH2]CCC.O=C(CS)OCCS.O=C(CS)OCCS. The van der Waals surface area contributed by atoms with Gasteiger partial charge in [0.15, 0.2) is 0 Å². The molecule has 0 N–H and O–H groups in total. The minimum Gasteiger partial charge on any atom is -0.464 e. The van der Waals surface area contributed by atoms with Crippen molar-refractivity contribution in [2.45, 2.75) is 48.4 Å². The number of carbonyl (C=O) groups excluding carboxylic acids is 2. The average molecular weight is 537 g/mol. The molecule has 0 aromatic rings. The molecule has 9 heteroatoms. The zero-order valence-corrected chi connectivity index (χ0v) is 21.8. The number of esters is 2. The third-order valence-corrected chi connectivity index (χ3v) is 7.30. The van der Waals surface area contributed by atoms with Crippen LogP contribution in [0.15, 0.2) is 0 Å². The number of thiol groups is 4. The average Bonchev–Trinajstić information content (AvgIpc) is 2.65. The Kier molecular flexibility index (Phi) is 36.9. The van der Waals surface area contributed by atoms with Gasteiger partial charge in [-0.05, 0) is 0 Å². The molecule has 0 heterocycles. The molecule has 0 saturated heterocycles. The van der Waals surface area contributed by atoms with Crippen molar-refractivity contribution in [2.24, 2.45) is 0 Å². The van der Waals surface area contributed by atoms with Gasteiger partial charge in [0.2, 0.25) is 0 Å². The van der Waals surface area contributed by atoms with E-state index in [-0.39, 0.29) is 44.6 Å². The molecule has 0 aromatic heterocycles. The number of hydrogen-bond acceptors (Lipinski definition) is 8. The Balaban J connectivity index is -0.000000291. The minimum atomic E-state index is -0.289. The molecular weight excluding hydrogens is 503 g/mol. The fourth-order valence-corrected chi connectivity index (χ4v) is 5.66. The van der Waals surface area contributed by atoms with Crippen LogP contribution in [0.1, 0.15) is 39.5 Å². The van der Waals surface area contributed by atoms with E-state index in [0.717, 1.165) is 0 Å². The molecule has 150 valence electrons. The zero-order valence-electron chi connectivity index (χ0n) is 15.4. The Morgan fingerprint density at radius 2 is 1.12 bits per heavy atom. The van der Waals surface area contributed by atoms with E-state index in [4.69, 9.17) is 0 Å². The van der Waals surface area contributed by atoms with E-state index in [1.165, 1.54) is 25.7 Å². The van der Waals surface area contributed by atoms with E-state index < -0.39 is 0 Å². The van der Waals surface area contributed by atoms with E-state index in [9.17, 15) is 9.59 Å². The predicted octanol–water partition coefficient (Wildman–Crippen LogP) is 3.91. The molecular formula is C16H34O4S4Sn. The molecule has 4 nitrogen and oxygen atoms in total. The molecule has 0 saturated carbocycles. The van der Waals surface area contributed by atoms with Crippen molar-refractivity contribution in [2.75, 3.05) is 36.2 Å². The van der Waals surface area contributed by atoms with Gasteiger partial charge in [0, 0.05) is 11.5 Å². The van der Waals surface area contributed by atoms with Gasteiger partial charge in [0.1, 0.15) is 13.2 Å². The van der Waals surface area contributed by atoms with Crippen LogP contribution in [-0.4, -0.2) is 69.3 Å². The second kappa shape index (κ2) is 29.9. The fraction of sp³-hybridized carbons (Fsp3) is 0.875. The maximum absolute atomic E-state index is 10.2. The largest absolute Gasteiger partial charge is 0.464 e. The van der Waals surface area contributed by atoms with Crippen LogP contribution in [0.5, 0.6) is 0 Å². The summed E-state index contributed by atoms with van der Waals surface area (Å²) in [5, 5.41) is 0. The van der Waals surface area contributed by atoms with Crippen LogP contribution in [0.25, 0.3) is 0 Å². The smallest absolute Gasteiger partial charge is 0.315 e. The van der Waals surface area contributed by atoms with Crippen LogP contribution in [0.2, 0.25) is 8.87 Å². The van der Waals surface area contributed by atoms with Gasteiger partial charge < -0.3 is 9.47 Å². The van der Waals surface area contributed by atoms with E-state index >= 15 is 0 Å². The molecule has 0 amide bonds. The van der Waals surface area contributed by atoms with Crippen LogP contribution in [0, 0.1) is 0 Å². The summed E-state index contributed by atoms with van der Waals surface area (Å²) in [5.74, 6) is 0.852. The van der Waals surface area contributed by atoms with E-state index in [0.29, 0.717) is 24.7 Å². The number of unbranched alkanes of at least 4 members (excludes halogenated alkanes) is 2. The first-order valence-electron chi connectivity index (χ1n) is 8.49. The van der Waals surface area contributed by atoms with Crippen molar-refractivity contribution in [3.05, 3.63) is 0 Å². The van der Waals surface area contributed by atoms with Crippen LogP contribution in [-0.2, 0) is 19.1 Å². The Hall–Kier alpha value is 1.14. The number of carbonyl (C=O) groups is 2. The first-order valence-corrected chi connectivity index (χ1v) is 15.1. The molecule has 0 unspecified atom stereocenters. The van der Waals surface area contributed by atoms with E-state index in [1.807, 2.05) is 0 Å². The van der Waals surface area contributed by atoms with Gasteiger partial charge >= 0.3 is 81.5 Å². The number of ether oxygens (including phenoxy) is 2. The Morgan fingerprint density at radius 1 is 0.760 bits per heavy atom. The first kappa shape index (κ1) is 30.9. The van der Waals surface area contributed by atoms with E-state index in [1.54, 1.807) is 8.87 Å². The van der Waals surface area contributed by atoms with Gasteiger partial charge in [0.25, 0.3) is 0 Å². The summed E-state index contributed by atoms with van der Waals surface area (Å²) < 4.78 is 12.3. The molecule has 0 aliphatic carbocycles. The molecule has 0 aliphatic heterocycles. The predicted molar refractivity (Wildman–Crippen MR) is 123 cm³/mol. The topological polar surface area (TPSA) is 52.6 Å². The first-order chi connectivity index (χ1) is 12.0. The summed E-state index contributed by atoms with van der Waals surface area (Å²) in [7, 11) is 0. The molecule has 0 rings (SSSR count). The van der Waals surface area contributed by atoms with Crippen LogP contribution < -0.4 is 0 Å². The maximum Gasteiger partial charge on any atom is 0.315 e. The van der Waals surface area contributed by atoms with Crippen LogP contribution in [0.4, 0.5) is 0 Å². The van der Waals surface area contributed by atoms with Gasteiger partial charge in [-0.3, -0.25) is 9.59 Å². The van der Waals surface area contributed by atoms with Crippen molar-refractivity contribution in [3.8, 4) is 0 Å². The van der Waals surface area contributed by atoms with Crippen molar-refractivity contribution in [1.29, 1.82) is 0 Å². The zero-order chi connectivity index (χ0) is 19.8. The van der Waals surface area contributed by atoms with Crippen LogP contribution >= 0.6 is 50.5 Å². The molecule has 0 spiro atoms. The molecule has 0 fully saturated rings. The molecule has 0 aliphatic rings. The van der Waals surface area contributed by atoms with Gasteiger partial charge in [-0.25, -0.2) is 0 Å². The summed E-state index contributed by atoms with van der Waals surface area (Å²) in [5.41, 5.74) is 0. The summed E-state index contributed by atoms with van der Waals surface area (Å²) >= 11 is 15.2. The number of rotatable bonds is 12. The quantitative estimate of drug-likeness (QED) is 0.132. The van der Waals surface area contributed by atoms with Crippen molar-refractivity contribution in [1.82, 2.24) is 0 Å². The second-order valence-corrected chi connectivity index (χ2v) is 10.5. The Morgan fingerprint density at radius 3 is 1.36 bits per heavy atom. The summed E-state index contributed by atoms with van der Waals surface area (Å²) in [6, 6.07) is 0. The van der Waals surface area contributed by atoms with Crippen LogP contribution in [0.3, 0.4) is 0 Å². The monoisotopic (exact) mass is 538 g/mol.